The Bertz CT molecular complexity index is 832. The number of ether oxygens (including phenoxy) is 1. The summed E-state index contributed by atoms with van der Waals surface area (Å²) in [6.07, 6.45) is 5.01. The molecule has 3 rings (SSSR count). The lowest BCUT2D eigenvalue weighted by molar-refractivity contribution is -0.158. The first kappa shape index (κ1) is 22.3. The van der Waals surface area contributed by atoms with Crippen LogP contribution < -0.4 is 5.32 Å². The molecule has 1 saturated heterocycles. The molecule has 2 fully saturated rings. The topological polar surface area (TPSA) is 92.8 Å². The van der Waals surface area contributed by atoms with Crippen LogP contribution in [0.2, 0.25) is 0 Å². The van der Waals surface area contributed by atoms with E-state index in [9.17, 15) is 19.2 Å². The van der Waals surface area contributed by atoms with E-state index in [4.69, 9.17) is 4.74 Å². The summed E-state index contributed by atoms with van der Waals surface area (Å²) in [7, 11) is 0. The molecule has 0 aromatic heterocycles. The van der Waals surface area contributed by atoms with Crippen LogP contribution in [0, 0.1) is 25.7 Å². The molecule has 1 N–H and O–H groups in total. The van der Waals surface area contributed by atoms with E-state index in [1.165, 1.54) is 11.8 Å². The third-order valence-corrected chi connectivity index (χ3v) is 6.43. The normalized spacial score (nSPS) is 21.9. The fourth-order valence-corrected chi connectivity index (χ4v) is 4.87. The Kier molecular flexibility index (Phi) is 7.18. The van der Waals surface area contributed by atoms with Crippen molar-refractivity contribution in [2.75, 3.05) is 23.9 Å². The standard InChI is InChI=1S/C22H28N2O5S/c1-13-8-9-17(14(2)10-13)23-19(25)11-29-22(28)18(12-30-3)24-20(26)15-6-4-5-7-16(15)21(24)27/h8-10,15-16,18H,4-7,11-12H2,1-3H3,(H,23,25). The maximum Gasteiger partial charge on any atom is 0.330 e. The van der Waals surface area contributed by atoms with Gasteiger partial charge in [0, 0.05) is 11.4 Å². The zero-order valence-electron chi connectivity index (χ0n) is 17.6. The van der Waals surface area contributed by atoms with Gasteiger partial charge in [-0.25, -0.2) is 4.79 Å². The molecule has 2 aliphatic rings. The number of amides is 3. The van der Waals surface area contributed by atoms with Gasteiger partial charge in [0.2, 0.25) is 11.8 Å². The molecule has 8 heteroatoms. The molecule has 30 heavy (non-hydrogen) atoms. The highest BCUT2D eigenvalue weighted by Gasteiger charge is 2.52. The summed E-state index contributed by atoms with van der Waals surface area (Å²) in [4.78, 5) is 51.7. The summed E-state index contributed by atoms with van der Waals surface area (Å²) in [5, 5.41) is 2.72. The lowest BCUT2D eigenvalue weighted by atomic mass is 9.81. The number of nitrogens with one attached hydrogen (secondary N) is 1. The van der Waals surface area contributed by atoms with Crippen LogP contribution in [-0.2, 0) is 23.9 Å². The predicted octanol–water partition coefficient (Wildman–Crippen LogP) is 2.69. The number of aryl methyl sites for hydroxylation is 2. The molecular weight excluding hydrogens is 404 g/mol. The van der Waals surface area contributed by atoms with Crippen molar-refractivity contribution in [1.29, 1.82) is 0 Å². The van der Waals surface area contributed by atoms with Crippen molar-refractivity contribution in [1.82, 2.24) is 4.90 Å². The van der Waals surface area contributed by atoms with Gasteiger partial charge in [-0.05, 0) is 44.6 Å². The Hall–Kier alpha value is -2.35. The highest BCUT2D eigenvalue weighted by Crippen LogP contribution is 2.39. The zero-order valence-corrected chi connectivity index (χ0v) is 18.4. The SMILES string of the molecule is CSCC(C(=O)OCC(=O)Nc1ccc(C)cc1C)N1C(=O)C2CCCCC2C1=O. The number of thioether (sulfide) groups is 1. The molecule has 1 aliphatic carbocycles. The monoisotopic (exact) mass is 432 g/mol. The lowest BCUT2D eigenvalue weighted by Crippen LogP contribution is -2.48. The third kappa shape index (κ3) is 4.69. The number of rotatable bonds is 7. The van der Waals surface area contributed by atoms with E-state index in [0.717, 1.165) is 28.9 Å². The first-order chi connectivity index (χ1) is 14.3. The van der Waals surface area contributed by atoms with Gasteiger partial charge >= 0.3 is 5.97 Å². The predicted molar refractivity (Wildman–Crippen MR) is 115 cm³/mol. The quantitative estimate of drug-likeness (QED) is 0.526. The van der Waals surface area contributed by atoms with E-state index in [1.54, 1.807) is 12.3 Å². The van der Waals surface area contributed by atoms with E-state index in [1.807, 2.05) is 26.0 Å². The van der Waals surface area contributed by atoms with Crippen molar-refractivity contribution in [3.63, 3.8) is 0 Å². The molecule has 0 spiro atoms. The second-order valence-corrected chi connectivity index (χ2v) is 8.90. The second kappa shape index (κ2) is 9.64. The molecule has 162 valence electrons. The van der Waals surface area contributed by atoms with Crippen molar-refractivity contribution in [2.24, 2.45) is 11.8 Å². The Morgan fingerprint density at radius 2 is 1.80 bits per heavy atom. The minimum Gasteiger partial charge on any atom is -0.454 e. The number of hydrogen-bond donors (Lipinski definition) is 1. The Labute approximate surface area is 180 Å². The van der Waals surface area contributed by atoms with Gasteiger partial charge in [-0.2, -0.15) is 11.8 Å². The van der Waals surface area contributed by atoms with Gasteiger partial charge in [0.15, 0.2) is 6.61 Å². The average molecular weight is 433 g/mol. The second-order valence-electron chi connectivity index (χ2n) is 7.99. The molecule has 3 amide bonds. The number of fused-ring (bicyclic) bond motifs is 1. The zero-order chi connectivity index (χ0) is 21.8. The molecule has 0 radical (unpaired) electrons. The number of carbonyl (C=O) groups excluding carboxylic acids is 4. The van der Waals surface area contributed by atoms with Crippen molar-refractivity contribution in [2.45, 2.75) is 45.6 Å². The number of nitrogens with zero attached hydrogens (tertiary/aromatic N) is 1. The molecule has 1 heterocycles. The Morgan fingerprint density at radius 3 is 2.37 bits per heavy atom. The number of esters is 1. The summed E-state index contributed by atoms with van der Waals surface area (Å²) >= 11 is 1.35. The molecular formula is C22H28N2O5S. The van der Waals surface area contributed by atoms with E-state index in [0.29, 0.717) is 18.5 Å². The Balaban J connectivity index is 1.63. The summed E-state index contributed by atoms with van der Waals surface area (Å²) in [5.74, 6) is -2.14. The lowest BCUT2D eigenvalue weighted by Gasteiger charge is -2.24. The summed E-state index contributed by atoms with van der Waals surface area (Å²) in [5.41, 5.74) is 2.64. The molecule has 1 aromatic rings. The van der Waals surface area contributed by atoms with Gasteiger partial charge in [0.1, 0.15) is 6.04 Å². The first-order valence-corrected chi connectivity index (χ1v) is 11.6. The largest absolute Gasteiger partial charge is 0.454 e. The highest BCUT2D eigenvalue weighted by molar-refractivity contribution is 7.98. The van der Waals surface area contributed by atoms with Crippen molar-refractivity contribution < 1.29 is 23.9 Å². The van der Waals surface area contributed by atoms with Crippen LogP contribution in [-0.4, -0.2) is 53.2 Å². The fourth-order valence-electron chi connectivity index (χ4n) is 4.27. The maximum atomic E-state index is 12.8. The average Bonchev–Trinajstić information content (AvgIpc) is 2.97. The Morgan fingerprint density at radius 1 is 1.17 bits per heavy atom. The minimum atomic E-state index is -1.00. The number of benzene rings is 1. The smallest absolute Gasteiger partial charge is 0.330 e. The van der Waals surface area contributed by atoms with Crippen molar-refractivity contribution in [3.8, 4) is 0 Å². The molecule has 3 atom stereocenters. The summed E-state index contributed by atoms with van der Waals surface area (Å²) < 4.78 is 5.21. The van der Waals surface area contributed by atoms with Crippen LogP contribution in [0.3, 0.4) is 0 Å². The number of imide groups is 1. The van der Waals surface area contributed by atoms with Crippen LogP contribution in [0.4, 0.5) is 5.69 Å². The van der Waals surface area contributed by atoms with Gasteiger partial charge in [0.05, 0.1) is 11.8 Å². The van der Waals surface area contributed by atoms with Crippen LogP contribution >= 0.6 is 11.8 Å². The number of likely N-dealkylation sites (tertiary alicyclic amines) is 1. The van der Waals surface area contributed by atoms with E-state index >= 15 is 0 Å². The molecule has 3 unspecified atom stereocenters. The van der Waals surface area contributed by atoms with Crippen LogP contribution in [0.15, 0.2) is 18.2 Å². The van der Waals surface area contributed by atoms with Crippen LogP contribution in [0.25, 0.3) is 0 Å². The first-order valence-electron chi connectivity index (χ1n) is 10.2. The van der Waals surface area contributed by atoms with Crippen LogP contribution in [0.1, 0.15) is 36.8 Å². The molecule has 7 nitrogen and oxygen atoms in total. The summed E-state index contributed by atoms with van der Waals surface area (Å²) in [6.45, 7) is 3.37. The highest BCUT2D eigenvalue weighted by atomic mass is 32.2. The van der Waals surface area contributed by atoms with Gasteiger partial charge < -0.3 is 10.1 Å². The van der Waals surface area contributed by atoms with E-state index < -0.39 is 24.5 Å². The minimum absolute atomic E-state index is 0.244. The fraction of sp³-hybridized carbons (Fsp3) is 0.545. The maximum absolute atomic E-state index is 12.8. The molecule has 1 saturated carbocycles. The van der Waals surface area contributed by atoms with Gasteiger partial charge in [-0.15, -0.1) is 0 Å². The van der Waals surface area contributed by atoms with E-state index in [2.05, 4.69) is 5.32 Å². The number of carbonyl (C=O) groups is 4. The van der Waals surface area contributed by atoms with Crippen molar-refractivity contribution in [3.05, 3.63) is 29.3 Å². The van der Waals surface area contributed by atoms with E-state index in [-0.39, 0.29) is 29.4 Å². The van der Waals surface area contributed by atoms with Crippen LogP contribution in [0.5, 0.6) is 0 Å². The van der Waals surface area contributed by atoms with Gasteiger partial charge in [-0.3, -0.25) is 19.3 Å². The van der Waals surface area contributed by atoms with Gasteiger partial charge in [-0.1, -0.05) is 30.5 Å². The molecule has 1 aromatic carbocycles. The number of hydrogen-bond acceptors (Lipinski definition) is 6. The molecule has 0 bridgehead atoms. The third-order valence-electron chi connectivity index (χ3n) is 5.79. The molecule has 1 aliphatic heterocycles. The number of anilines is 1. The summed E-state index contributed by atoms with van der Waals surface area (Å²) in [6, 6.07) is 4.62. The van der Waals surface area contributed by atoms with Gasteiger partial charge in [0.25, 0.3) is 5.91 Å². The van der Waals surface area contributed by atoms with Crippen molar-refractivity contribution >= 4 is 41.1 Å².